The lowest BCUT2D eigenvalue weighted by molar-refractivity contribution is 0.819. The van der Waals surface area contributed by atoms with E-state index in [9.17, 15) is 0 Å². The van der Waals surface area contributed by atoms with Gasteiger partial charge < -0.3 is 5.73 Å². The number of anilines is 1. The van der Waals surface area contributed by atoms with Crippen molar-refractivity contribution in [1.29, 1.82) is 0 Å². The van der Waals surface area contributed by atoms with Gasteiger partial charge in [0, 0.05) is 5.69 Å². The van der Waals surface area contributed by atoms with Crippen LogP contribution in [0.15, 0.2) is 18.2 Å². The Hall–Kier alpha value is -1.13. The Balaban J connectivity index is 2.49. The number of nitrogens with zero attached hydrogens (tertiary/aromatic N) is 2. The summed E-state index contributed by atoms with van der Waals surface area (Å²) >= 11 is 7.39. The van der Waals surface area contributed by atoms with Gasteiger partial charge in [0.25, 0.3) is 0 Å². The molecule has 0 aliphatic rings. The highest BCUT2D eigenvalue weighted by Gasteiger charge is 2.09. The van der Waals surface area contributed by atoms with Crippen LogP contribution in [0, 0.1) is 0 Å². The van der Waals surface area contributed by atoms with Crippen molar-refractivity contribution in [3.8, 4) is 10.6 Å². The van der Waals surface area contributed by atoms with E-state index >= 15 is 0 Å². The summed E-state index contributed by atoms with van der Waals surface area (Å²) in [5, 5.41) is 0. The zero-order valence-electron chi connectivity index (χ0n) is 9.07. The molecule has 0 bridgehead atoms. The summed E-state index contributed by atoms with van der Waals surface area (Å²) in [7, 11) is 0. The topological polar surface area (TPSA) is 51.8 Å². The lowest BCUT2D eigenvalue weighted by atomic mass is 10.1. The van der Waals surface area contributed by atoms with Gasteiger partial charge in [-0.15, -0.1) is 11.3 Å². The first kappa shape index (κ1) is 11.4. The minimum Gasteiger partial charge on any atom is -0.368 e. The molecule has 16 heavy (non-hydrogen) atoms. The molecule has 0 aliphatic carbocycles. The minimum absolute atomic E-state index is 0.311. The molecule has 2 heterocycles. The molecule has 84 valence electrons. The predicted octanol–water partition coefficient (Wildman–Crippen LogP) is 3.56. The Kier molecular flexibility index (Phi) is 3.12. The molecular weight excluding hydrogens is 242 g/mol. The van der Waals surface area contributed by atoms with Crippen molar-refractivity contribution in [2.45, 2.75) is 19.8 Å². The first-order valence-electron chi connectivity index (χ1n) is 4.96. The smallest absolute Gasteiger partial charge is 0.220 e. The van der Waals surface area contributed by atoms with E-state index in [4.69, 9.17) is 17.3 Å². The molecule has 0 amide bonds. The molecule has 0 saturated carbocycles. The third-order valence-electron chi connectivity index (χ3n) is 2.18. The Morgan fingerprint density at radius 2 is 2.06 bits per heavy atom. The van der Waals surface area contributed by atoms with Gasteiger partial charge in [0.1, 0.15) is 0 Å². The molecule has 2 N–H and O–H groups in total. The highest BCUT2D eigenvalue weighted by Crippen LogP contribution is 2.31. The molecule has 0 radical (unpaired) electrons. The average Bonchev–Trinajstić information content (AvgIpc) is 2.64. The van der Waals surface area contributed by atoms with Crippen LogP contribution < -0.4 is 5.73 Å². The number of hydrogen-bond donors (Lipinski definition) is 1. The average molecular weight is 254 g/mol. The number of hydrogen-bond acceptors (Lipinski definition) is 4. The minimum atomic E-state index is 0.311. The van der Waals surface area contributed by atoms with Gasteiger partial charge in [0.05, 0.1) is 14.9 Å². The van der Waals surface area contributed by atoms with Gasteiger partial charge in [-0.1, -0.05) is 25.4 Å². The molecule has 0 atom stereocenters. The molecule has 2 aromatic heterocycles. The maximum atomic E-state index is 5.90. The molecule has 0 fully saturated rings. The zero-order chi connectivity index (χ0) is 11.7. The van der Waals surface area contributed by atoms with Crippen LogP contribution in [-0.2, 0) is 0 Å². The van der Waals surface area contributed by atoms with Crippen LogP contribution in [0.1, 0.15) is 25.5 Å². The third-order valence-corrected chi connectivity index (χ3v) is 3.43. The molecule has 2 rings (SSSR count). The summed E-state index contributed by atoms with van der Waals surface area (Å²) in [5.41, 5.74) is 7.48. The lowest BCUT2D eigenvalue weighted by Crippen LogP contribution is -2.01. The molecule has 0 aromatic carbocycles. The molecule has 2 aromatic rings. The second-order valence-electron chi connectivity index (χ2n) is 3.79. The molecule has 0 saturated heterocycles. The van der Waals surface area contributed by atoms with Crippen LogP contribution in [0.2, 0.25) is 4.34 Å². The van der Waals surface area contributed by atoms with Crippen LogP contribution in [0.4, 0.5) is 5.95 Å². The van der Waals surface area contributed by atoms with Crippen molar-refractivity contribution in [3.63, 3.8) is 0 Å². The summed E-state index contributed by atoms with van der Waals surface area (Å²) in [4.78, 5) is 9.44. The highest BCUT2D eigenvalue weighted by atomic mass is 35.5. The van der Waals surface area contributed by atoms with Crippen molar-refractivity contribution in [1.82, 2.24) is 9.97 Å². The van der Waals surface area contributed by atoms with Crippen LogP contribution in [0.5, 0.6) is 0 Å². The molecule has 0 unspecified atom stereocenters. The van der Waals surface area contributed by atoms with Gasteiger partial charge in [-0.3, -0.25) is 0 Å². The van der Waals surface area contributed by atoms with Gasteiger partial charge in [0.2, 0.25) is 5.95 Å². The van der Waals surface area contributed by atoms with Crippen molar-refractivity contribution < 1.29 is 0 Å². The molecular formula is C11H12ClN3S. The van der Waals surface area contributed by atoms with E-state index in [-0.39, 0.29) is 0 Å². The van der Waals surface area contributed by atoms with E-state index in [1.165, 1.54) is 11.3 Å². The van der Waals surface area contributed by atoms with Gasteiger partial charge in [-0.25, -0.2) is 9.97 Å². The van der Waals surface area contributed by atoms with E-state index in [2.05, 4.69) is 23.8 Å². The Morgan fingerprint density at radius 3 is 2.62 bits per heavy atom. The molecule has 0 aliphatic heterocycles. The normalized spacial score (nSPS) is 11.0. The van der Waals surface area contributed by atoms with E-state index in [1.54, 1.807) is 0 Å². The fraction of sp³-hybridized carbons (Fsp3) is 0.273. The quantitative estimate of drug-likeness (QED) is 0.890. The number of nitrogen functional groups attached to an aromatic ring is 1. The summed E-state index contributed by atoms with van der Waals surface area (Å²) in [6, 6.07) is 5.76. The summed E-state index contributed by atoms with van der Waals surface area (Å²) in [6.07, 6.45) is 0. The first-order valence-corrected chi connectivity index (χ1v) is 6.16. The number of aromatic nitrogens is 2. The summed E-state index contributed by atoms with van der Waals surface area (Å²) < 4.78 is 0.748. The number of thiophene rings is 1. The largest absolute Gasteiger partial charge is 0.368 e. The lowest BCUT2D eigenvalue weighted by Gasteiger charge is -2.06. The Labute approximate surface area is 103 Å². The van der Waals surface area contributed by atoms with Gasteiger partial charge in [0.15, 0.2) is 0 Å². The fourth-order valence-electron chi connectivity index (χ4n) is 1.36. The van der Waals surface area contributed by atoms with E-state index < -0.39 is 0 Å². The standard InChI is InChI=1S/C11H12ClN3S/c1-6(2)7-5-8(15-11(13)14-7)9-3-4-10(12)16-9/h3-6H,1-2H3,(H2,13,14,15). The fourth-order valence-corrected chi connectivity index (χ4v) is 2.36. The predicted molar refractivity (Wildman–Crippen MR) is 68.9 cm³/mol. The second-order valence-corrected chi connectivity index (χ2v) is 5.51. The zero-order valence-corrected chi connectivity index (χ0v) is 10.6. The maximum Gasteiger partial charge on any atom is 0.220 e. The summed E-state index contributed by atoms with van der Waals surface area (Å²) in [6.45, 7) is 4.15. The van der Waals surface area contributed by atoms with Crippen molar-refractivity contribution >= 4 is 28.9 Å². The van der Waals surface area contributed by atoms with Crippen LogP contribution in [0.3, 0.4) is 0 Å². The Morgan fingerprint density at radius 1 is 1.31 bits per heavy atom. The number of nitrogens with two attached hydrogens (primary N) is 1. The van der Waals surface area contributed by atoms with Gasteiger partial charge in [-0.2, -0.15) is 0 Å². The second kappa shape index (κ2) is 4.39. The van der Waals surface area contributed by atoms with Crippen molar-refractivity contribution in [3.05, 3.63) is 28.2 Å². The van der Waals surface area contributed by atoms with Crippen molar-refractivity contribution in [2.75, 3.05) is 5.73 Å². The summed E-state index contributed by atoms with van der Waals surface area (Å²) in [5.74, 6) is 0.644. The van der Waals surface area contributed by atoms with Crippen LogP contribution in [0.25, 0.3) is 10.6 Å². The number of rotatable bonds is 2. The molecule has 3 nitrogen and oxygen atoms in total. The highest BCUT2D eigenvalue weighted by molar-refractivity contribution is 7.19. The molecule has 0 spiro atoms. The van der Waals surface area contributed by atoms with Gasteiger partial charge >= 0.3 is 0 Å². The molecule has 5 heteroatoms. The monoisotopic (exact) mass is 253 g/mol. The van der Waals surface area contributed by atoms with E-state index in [0.29, 0.717) is 11.9 Å². The maximum absolute atomic E-state index is 5.90. The third kappa shape index (κ3) is 2.33. The van der Waals surface area contributed by atoms with Crippen molar-refractivity contribution in [2.24, 2.45) is 0 Å². The Bertz CT molecular complexity index is 508. The van der Waals surface area contributed by atoms with Crippen LogP contribution in [-0.4, -0.2) is 9.97 Å². The van der Waals surface area contributed by atoms with E-state index in [0.717, 1.165) is 20.6 Å². The number of halogens is 1. The SMILES string of the molecule is CC(C)c1cc(-c2ccc(Cl)s2)nc(N)n1. The van der Waals surface area contributed by atoms with Crippen LogP contribution >= 0.6 is 22.9 Å². The van der Waals surface area contributed by atoms with Gasteiger partial charge in [-0.05, 0) is 24.1 Å². The van der Waals surface area contributed by atoms with E-state index in [1.807, 2.05) is 18.2 Å². The first-order chi connectivity index (χ1) is 7.56.